The van der Waals surface area contributed by atoms with Gasteiger partial charge in [0.1, 0.15) is 11.6 Å². The van der Waals surface area contributed by atoms with E-state index < -0.39 is 44.7 Å². The zero-order valence-electron chi connectivity index (χ0n) is 17.4. The topological polar surface area (TPSA) is 123 Å². The van der Waals surface area contributed by atoms with Crippen LogP contribution >= 0.6 is 0 Å². The molecule has 33 heavy (non-hydrogen) atoms. The number of ether oxygens (including phenoxy) is 1. The molecule has 8 nitrogen and oxygen atoms in total. The first kappa shape index (κ1) is 23.8. The molecule has 1 unspecified atom stereocenters. The van der Waals surface area contributed by atoms with Gasteiger partial charge in [-0.25, -0.2) is 27.0 Å². The number of carbonyl (C=O) groups excluding carboxylic acids is 1. The number of carboxylic acid groups (broad SMARTS) is 1. The van der Waals surface area contributed by atoms with Crippen LogP contribution in [0.25, 0.3) is 0 Å². The molecule has 0 aliphatic heterocycles. The van der Waals surface area contributed by atoms with E-state index in [4.69, 9.17) is 9.84 Å². The van der Waals surface area contributed by atoms with E-state index in [2.05, 4.69) is 10.3 Å². The predicted molar refractivity (Wildman–Crippen MR) is 114 cm³/mol. The minimum atomic E-state index is -3.52. The minimum absolute atomic E-state index is 0.00658. The Morgan fingerprint density at radius 3 is 2.24 bits per heavy atom. The smallest absolute Gasteiger partial charge is 0.337 e. The number of rotatable bonds is 7. The van der Waals surface area contributed by atoms with E-state index in [1.165, 1.54) is 43.3 Å². The molecule has 172 valence electrons. The Labute approximate surface area is 187 Å². The first-order chi connectivity index (χ1) is 15.4. The standard InChI is InChI=1S/C22H18F2N2O6S/c1-22(32-18-9-6-15(23)11-17(18)24,14-4-7-16(8-5-14)33(2,30)31)21(29)26-19-10-3-13(12-25-19)20(27)28/h3-12H,1-2H3,(H,27,28)(H,25,26,29). The molecule has 0 saturated carbocycles. The molecule has 1 aromatic heterocycles. The zero-order valence-corrected chi connectivity index (χ0v) is 18.2. The first-order valence-corrected chi connectivity index (χ1v) is 11.2. The monoisotopic (exact) mass is 476 g/mol. The van der Waals surface area contributed by atoms with Gasteiger partial charge in [-0.3, -0.25) is 4.79 Å². The summed E-state index contributed by atoms with van der Waals surface area (Å²) in [7, 11) is -3.52. The Hall–Kier alpha value is -3.86. The molecule has 0 fully saturated rings. The molecule has 0 spiro atoms. The Kier molecular flexibility index (Phi) is 6.45. The van der Waals surface area contributed by atoms with Gasteiger partial charge in [0.15, 0.2) is 21.4 Å². The van der Waals surface area contributed by atoms with E-state index in [-0.39, 0.29) is 21.8 Å². The average molecular weight is 476 g/mol. The summed E-state index contributed by atoms with van der Waals surface area (Å²) in [6, 6.07) is 10.2. The van der Waals surface area contributed by atoms with E-state index >= 15 is 0 Å². The van der Waals surface area contributed by atoms with Crippen LogP contribution in [0, 0.1) is 11.6 Å². The summed E-state index contributed by atoms with van der Waals surface area (Å²) in [5.41, 5.74) is -1.85. The summed E-state index contributed by atoms with van der Waals surface area (Å²) in [5, 5.41) is 11.4. The van der Waals surface area contributed by atoms with E-state index in [0.29, 0.717) is 6.07 Å². The van der Waals surface area contributed by atoms with Crippen LogP contribution in [0.15, 0.2) is 65.7 Å². The maximum Gasteiger partial charge on any atom is 0.337 e. The number of hydrogen-bond acceptors (Lipinski definition) is 6. The van der Waals surface area contributed by atoms with Crippen LogP contribution in [0.2, 0.25) is 0 Å². The molecule has 1 amide bonds. The highest BCUT2D eigenvalue weighted by molar-refractivity contribution is 7.90. The van der Waals surface area contributed by atoms with E-state index in [9.17, 15) is 26.8 Å². The van der Waals surface area contributed by atoms with Crippen molar-refractivity contribution in [3.8, 4) is 5.75 Å². The summed E-state index contributed by atoms with van der Waals surface area (Å²) in [6.07, 6.45) is 2.06. The zero-order chi connectivity index (χ0) is 24.4. The highest BCUT2D eigenvalue weighted by Gasteiger charge is 2.39. The fourth-order valence-corrected chi connectivity index (χ4v) is 3.49. The number of nitrogens with one attached hydrogen (secondary N) is 1. The van der Waals surface area contributed by atoms with Gasteiger partial charge in [0.05, 0.1) is 10.5 Å². The number of sulfone groups is 1. The maximum absolute atomic E-state index is 14.3. The predicted octanol–water partition coefficient (Wildman–Crippen LogP) is 3.39. The lowest BCUT2D eigenvalue weighted by molar-refractivity contribution is -0.130. The summed E-state index contributed by atoms with van der Waals surface area (Å²) in [6.45, 7) is 1.31. The lowest BCUT2D eigenvalue weighted by Crippen LogP contribution is -2.43. The van der Waals surface area contributed by atoms with Crippen LogP contribution in [0.5, 0.6) is 5.75 Å². The Morgan fingerprint density at radius 2 is 1.73 bits per heavy atom. The number of pyridine rings is 1. The number of amides is 1. The number of aromatic carboxylic acids is 1. The van der Waals surface area contributed by atoms with E-state index in [1.54, 1.807) is 0 Å². The fraction of sp³-hybridized carbons (Fsp3) is 0.136. The van der Waals surface area contributed by atoms with Gasteiger partial charge in [-0.05, 0) is 43.3 Å². The molecule has 2 N–H and O–H groups in total. The number of benzene rings is 2. The molecule has 0 radical (unpaired) electrons. The van der Waals surface area contributed by atoms with E-state index in [1.807, 2.05) is 0 Å². The van der Waals surface area contributed by atoms with Crippen molar-refractivity contribution in [3.63, 3.8) is 0 Å². The van der Waals surface area contributed by atoms with Crippen molar-refractivity contribution in [1.82, 2.24) is 4.98 Å². The Morgan fingerprint density at radius 1 is 1.06 bits per heavy atom. The van der Waals surface area contributed by atoms with Gasteiger partial charge in [0.25, 0.3) is 5.91 Å². The Bertz CT molecular complexity index is 1310. The maximum atomic E-state index is 14.3. The molecule has 3 rings (SSSR count). The lowest BCUT2D eigenvalue weighted by Gasteiger charge is -2.30. The van der Waals surface area contributed by atoms with Crippen molar-refractivity contribution in [2.24, 2.45) is 0 Å². The van der Waals surface area contributed by atoms with Crippen LogP contribution in [0.3, 0.4) is 0 Å². The highest BCUT2D eigenvalue weighted by atomic mass is 32.2. The molecule has 11 heteroatoms. The van der Waals surface area contributed by atoms with Crippen molar-refractivity contribution in [1.29, 1.82) is 0 Å². The molecule has 1 atom stereocenters. The quantitative estimate of drug-likeness (QED) is 0.536. The van der Waals surface area contributed by atoms with Crippen molar-refractivity contribution < 1.29 is 36.6 Å². The van der Waals surface area contributed by atoms with Gasteiger partial charge in [0, 0.05) is 24.1 Å². The van der Waals surface area contributed by atoms with Crippen LogP contribution < -0.4 is 10.1 Å². The summed E-state index contributed by atoms with van der Waals surface area (Å²) in [4.78, 5) is 28.0. The molecule has 0 aliphatic carbocycles. The SMILES string of the molecule is CC(Oc1ccc(F)cc1F)(C(=O)Nc1ccc(C(=O)O)cn1)c1ccc(S(C)(=O)=O)cc1. The molecule has 0 bridgehead atoms. The highest BCUT2D eigenvalue weighted by Crippen LogP contribution is 2.32. The third kappa shape index (κ3) is 5.32. The van der Waals surface area contributed by atoms with Crippen LogP contribution in [-0.2, 0) is 20.2 Å². The Balaban J connectivity index is 2.01. The molecular formula is C22H18F2N2O6S. The van der Waals surface area contributed by atoms with Gasteiger partial charge >= 0.3 is 5.97 Å². The molecule has 2 aromatic carbocycles. The third-order valence-electron chi connectivity index (χ3n) is 4.73. The van der Waals surface area contributed by atoms with Crippen molar-refractivity contribution >= 4 is 27.5 Å². The largest absolute Gasteiger partial charge is 0.478 e. The van der Waals surface area contributed by atoms with Gasteiger partial charge in [-0.1, -0.05) is 12.1 Å². The molecule has 0 aliphatic rings. The normalized spacial score (nSPS) is 13.1. The number of carboxylic acids is 1. The number of halogens is 2. The average Bonchev–Trinajstić information content (AvgIpc) is 2.75. The molecule has 3 aromatic rings. The lowest BCUT2D eigenvalue weighted by atomic mass is 9.94. The molecule has 0 saturated heterocycles. The van der Waals surface area contributed by atoms with Gasteiger partial charge in [0.2, 0.25) is 5.60 Å². The van der Waals surface area contributed by atoms with Crippen LogP contribution in [0.1, 0.15) is 22.8 Å². The number of carbonyl (C=O) groups is 2. The van der Waals surface area contributed by atoms with Crippen LogP contribution in [0.4, 0.5) is 14.6 Å². The second-order valence-corrected chi connectivity index (χ2v) is 9.21. The number of nitrogens with zero attached hydrogens (tertiary/aromatic N) is 1. The summed E-state index contributed by atoms with van der Waals surface area (Å²) >= 11 is 0. The van der Waals surface area contributed by atoms with Crippen molar-refractivity contribution in [3.05, 3.63) is 83.6 Å². The molecule has 1 heterocycles. The molecular weight excluding hydrogens is 458 g/mol. The van der Waals surface area contributed by atoms with E-state index in [0.717, 1.165) is 24.6 Å². The van der Waals surface area contributed by atoms with Gasteiger partial charge < -0.3 is 15.2 Å². The fourth-order valence-electron chi connectivity index (χ4n) is 2.86. The van der Waals surface area contributed by atoms with Crippen molar-refractivity contribution in [2.45, 2.75) is 17.4 Å². The van der Waals surface area contributed by atoms with Gasteiger partial charge in [-0.15, -0.1) is 0 Å². The number of hydrogen-bond donors (Lipinski definition) is 2. The number of anilines is 1. The van der Waals surface area contributed by atoms with Crippen LogP contribution in [-0.4, -0.2) is 36.6 Å². The van der Waals surface area contributed by atoms with Gasteiger partial charge in [-0.2, -0.15) is 0 Å². The summed E-state index contributed by atoms with van der Waals surface area (Å²) in [5.74, 6) is -4.35. The number of aromatic nitrogens is 1. The second kappa shape index (κ2) is 8.94. The second-order valence-electron chi connectivity index (χ2n) is 7.20. The minimum Gasteiger partial charge on any atom is -0.478 e. The first-order valence-electron chi connectivity index (χ1n) is 9.35. The third-order valence-corrected chi connectivity index (χ3v) is 5.86. The summed E-state index contributed by atoms with van der Waals surface area (Å²) < 4.78 is 56.8. The van der Waals surface area contributed by atoms with Crippen molar-refractivity contribution in [2.75, 3.05) is 11.6 Å².